The molecule has 1 aromatic carbocycles. The van der Waals surface area contributed by atoms with Crippen molar-refractivity contribution in [1.82, 2.24) is 40.2 Å². The topological polar surface area (TPSA) is 127 Å². The smallest absolute Gasteiger partial charge is 0.293 e. The van der Waals surface area contributed by atoms with E-state index in [4.69, 9.17) is 9.51 Å². The summed E-state index contributed by atoms with van der Waals surface area (Å²) < 4.78 is 7.27. The monoisotopic (exact) mass is 536 g/mol. The van der Waals surface area contributed by atoms with Crippen molar-refractivity contribution in [3.8, 4) is 22.5 Å². The molecule has 7 rings (SSSR count). The van der Waals surface area contributed by atoms with Gasteiger partial charge in [0, 0.05) is 29.9 Å². The Morgan fingerprint density at radius 3 is 2.80 bits per heavy atom. The van der Waals surface area contributed by atoms with Crippen molar-refractivity contribution in [2.45, 2.75) is 70.8 Å². The summed E-state index contributed by atoms with van der Waals surface area (Å²) in [5.41, 5.74) is 9.01. The van der Waals surface area contributed by atoms with Gasteiger partial charge in [0.05, 0.1) is 22.8 Å². The molecule has 4 aromatic heterocycles. The molecule has 1 saturated carbocycles. The molecular formula is C30H32N8O2. The first-order valence-electron chi connectivity index (χ1n) is 13.9. The van der Waals surface area contributed by atoms with Crippen LogP contribution in [-0.4, -0.2) is 40.8 Å². The summed E-state index contributed by atoms with van der Waals surface area (Å²) in [5.74, 6) is 1.15. The number of rotatable bonds is 5. The lowest BCUT2D eigenvalue weighted by Crippen LogP contribution is -2.29. The third kappa shape index (κ3) is 4.09. The molecule has 1 atom stereocenters. The van der Waals surface area contributed by atoms with Gasteiger partial charge in [-0.1, -0.05) is 36.7 Å². The number of aromatic amines is 1. The number of carbonyl (C=O) groups is 1. The van der Waals surface area contributed by atoms with E-state index in [9.17, 15) is 4.79 Å². The maximum atomic E-state index is 13.1. The molecule has 0 bridgehead atoms. The highest BCUT2D eigenvalue weighted by atomic mass is 16.5. The van der Waals surface area contributed by atoms with Gasteiger partial charge in [-0.2, -0.15) is 10.1 Å². The van der Waals surface area contributed by atoms with E-state index in [0.717, 1.165) is 83.5 Å². The molecule has 2 aliphatic rings. The number of aromatic nitrogens is 7. The molecule has 40 heavy (non-hydrogen) atoms. The second kappa shape index (κ2) is 9.11. The first kappa shape index (κ1) is 24.7. The van der Waals surface area contributed by atoms with E-state index >= 15 is 0 Å². The van der Waals surface area contributed by atoms with E-state index in [1.165, 1.54) is 5.56 Å². The molecule has 0 spiro atoms. The fourth-order valence-electron chi connectivity index (χ4n) is 5.87. The number of pyridine rings is 1. The van der Waals surface area contributed by atoms with Gasteiger partial charge in [-0.15, -0.1) is 0 Å². The Bertz CT molecular complexity index is 1770. The van der Waals surface area contributed by atoms with E-state index in [-0.39, 0.29) is 23.2 Å². The lowest BCUT2D eigenvalue weighted by Gasteiger charge is -2.19. The maximum Gasteiger partial charge on any atom is 0.293 e. The van der Waals surface area contributed by atoms with Crippen molar-refractivity contribution in [3.63, 3.8) is 0 Å². The maximum absolute atomic E-state index is 13.1. The number of amides is 1. The number of nitrogens with one attached hydrogen (secondary N) is 2. The van der Waals surface area contributed by atoms with Gasteiger partial charge in [0.1, 0.15) is 5.82 Å². The van der Waals surface area contributed by atoms with Crippen molar-refractivity contribution in [1.29, 1.82) is 0 Å². The van der Waals surface area contributed by atoms with Crippen LogP contribution in [0.25, 0.3) is 33.7 Å². The van der Waals surface area contributed by atoms with Gasteiger partial charge in [0.2, 0.25) is 5.89 Å². The Morgan fingerprint density at radius 2 is 2.02 bits per heavy atom. The number of H-pyrrole nitrogens is 1. The van der Waals surface area contributed by atoms with Gasteiger partial charge in [-0.3, -0.25) is 9.48 Å². The normalized spacial score (nSPS) is 17.9. The van der Waals surface area contributed by atoms with Crippen molar-refractivity contribution in [3.05, 3.63) is 64.7 Å². The summed E-state index contributed by atoms with van der Waals surface area (Å²) in [6.07, 6.45) is 7.75. The first-order valence-corrected chi connectivity index (χ1v) is 13.9. The highest BCUT2D eigenvalue weighted by Crippen LogP contribution is 2.46. The first-order chi connectivity index (χ1) is 19.3. The van der Waals surface area contributed by atoms with Crippen LogP contribution in [0.3, 0.4) is 0 Å². The molecule has 0 aliphatic heterocycles. The van der Waals surface area contributed by atoms with E-state index in [2.05, 4.69) is 55.6 Å². The Balaban J connectivity index is 1.20. The summed E-state index contributed by atoms with van der Waals surface area (Å²) >= 11 is 0. The number of hydrogen-bond acceptors (Lipinski definition) is 7. The van der Waals surface area contributed by atoms with Gasteiger partial charge >= 0.3 is 0 Å². The number of benzene rings is 1. The molecule has 5 aromatic rings. The van der Waals surface area contributed by atoms with Crippen molar-refractivity contribution in [2.24, 2.45) is 7.05 Å². The van der Waals surface area contributed by atoms with Crippen LogP contribution < -0.4 is 5.32 Å². The minimum Gasteiger partial charge on any atom is -0.342 e. The zero-order valence-electron chi connectivity index (χ0n) is 23.2. The summed E-state index contributed by atoms with van der Waals surface area (Å²) in [4.78, 5) is 30.4. The molecular weight excluding hydrogens is 504 g/mol. The molecule has 10 heteroatoms. The summed E-state index contributed by atoms with van der Waals surface area (Å²) in [6, 6.07) is 8.44. The zero-order valence-corrected chi connectivity index (χ0v) is 23.2. The predicted octanol–water partition coefficient (Wildman–Crippen LogP) is 5.27. The SMILES string of the molecule is Cc1nn(C)c(C)c1-c1nc2nccc(-c3ccc4c(c3)CCCC[C@H]4NC(=O)c3noc(C4(C)CC4)n3)c2[nH]1. The summed E-state index contributed by atoms with van der Waals surface area (Å²) in [5, 5.41) is 11.7. The van der Waals surface area contributed by atoms with Crippen LogP contribution in [0, 0.1) is 13.8 Å². The van der Waals surface area contributed by atoms with Crippen LogP contribution in [0.1, 0.15) is 84.1 Å². The molecule has 0 unspecified atom stereocenters. The second-order valence-corrected chi connectivity index (χ2v) is 11.5. The minimum atomic E-state index is -0.289. The molecule has 2 aliphatic carbocycles. The van der Waals surface area contributed by atoms with Crippen LogP contribution in [0.15, 0.2) is 35.0 Å². The van der Waals surface area contributed by atoms with Crippen LogP contribution >= 0.6 is 0 Å². The average molecular weight is 537 g/mol. The van der Waals surface area contributed by atoms with Crippen LogP contribution in [0.5, 0.6) is 0 Å². The second-order valence-electron chi connectivity index (χ2n) is 11.5. The Morgan fingerprint density at radius 1 is 1.18 bits per heavy atom. The number of nitrogens with zero attached hydrogens (tertiary/aromatic N) is 6. The van der Waals surface area contributed by atoms with Gasteiger partial charge < -0.3 is 14.8 Å². The van der Waals surface area contributed by atoms with Gasteiger partial charge in [-0.05, 0) is 68.7 Å². The molecule has 0 radical (unpaired) electrons. The fourth-order valence-corrected chi connectivity index (χ4v) is 5.87. The van der Waals surface area contributed by atoms with Crippen molar-refractivity contribution in [2.75, 3.05) is 0 Å². The number of hydrogen-bond donors (Lipinski definition) is 2. The Hall–Kier alpha value is -4.34. The summed E-state index contributed by atoms with van der Waals surface area (Å²) in [6.45, 7) is 6.13. The quantitative estimate of drug-likeness (QED) is 0.293. The molecule has 1 fully saturated rings. The predicted molar refractivity (Wildman–Crippen MR) is 150 cm³/mol. The van der Waals surface area contributed by atoms with Gasteiger partial charge in [0.15, 0.2) is 5.65 Å². The zero-order chi connectivity index (χ0) is 27.6. The van der Waals surface area contributed by atoms with E-state index in [1.807, 2.05) is 31.6 Å². The van der Waals surface area contributed by atoms with E-state index in [0.29, 0.717) is 11.5 Å². The van der Waals surface area contributed by atoms with Gasteiger partial charge in [0.25, 0.3) is 11.7 Å². The van der Waals surface area contributed by atoms with E-state index in [1.54, 1.807) is 6.20 Å². The highest BCUT2D eigenvalue weighted by Gasteiger charge is 2.45. The van der Waals surface area contributed by atoms with Crippen LogP contribution in [0.4, 0.5) is 0 Å². The lowest BCUT2D eigenvalue weighted by atomic mass is 9.94. The Kier molecular flexibility index (Phi) is 5.62. The number of fused-ring (bicyclic) bond motifs is 2. The molecule has 1 amide bonds. The fraction of sp³-hybridized carbons (Fsp3) is 0.400. The third-order valence-corrected chi connectivity index (χ3v) is 8.61. The molecule has 4 heterocycles. The van der Waals surface area contributed by atoms with Crippen molar-refractivity contribution >= 4 is 17.1 Å². The minimum absolute atomic E-state index is 0.0692. The number of aryl methyl sites for hydroxylation is 3. The lowest BCUT2D eigenvalue weighted by molar-refractivity contribution is 0.0921. The van der Waals surface area contributed by atoms with E-state index < -0.39 is 0 Å². The largest absolute Gasteiger partial charge is 0.342 e. The third-order valence-electron chi connectivity index (χ3n) is 8.61. The van der Waals surface area contributed by atoms with Crippen LogP contribution in [-0.2, 0) is 18.9 Å². The number of imidazole rings is 1. The molecule has 2 N–H and O–H groups in total. The molecule has 204 valence electrons. The highest BCUT2D eigenvalue weighted by molar-refractivity contribution is 5.92. The summed E-state index contributed by atoms with van der Waals surface area (Å²) in [7, 11) is 1.94. The standard InChI is InChI=1S/C30H32N8O2/c1-16-23(17(2)38(4)36-16)25-33-24-21(11-14-31-26(24)34-25)19-9-10-20-18(15-19)7-5-6-8-22(20)32-28(39)27-35-29(40-37-27)30(3)12-13-30/h9-11,14-15,22H,5-8,12-13H2,1-4H3,(H,32,39)(H,31,33,34)/t22-/m1/s1. The molecule has 10 nitrogen and oxygen atoms in total. The Labute approximate surface area is 231 Å². The van der Waals surface area contributed by atoms with Gasteiger partial charge in [-0.25, -0.2) is 9.97 Å². The molecule has 0 saturated heterocycles. The number of carbonyl (C=O) groups excluding carboxylic acids is 1. The average Bonchev–Trinajstić information content (AvgIpc) is 3.25. The van der Waals surface area contributed by atoms with Crippen molar-refractivity contribution < 1.29 is 9.32 Å². The van der Waals surface area contributed by atoms with Crippen LogP contribution in [0.2, 0.25) is 0 Å².